The SMILES string of the molecule is CC(NC(C)(C)C(C)O)C(=O)N1CCCCCC1. The highest BCUT2D eigenvalue weighted by molar-refractivity contribution is 5.81. The van der Waals surface area contributed by atoms with Gasteiger partial charge in [0, 0.05) is 18.6 Å². The minimum atomic E-state index is -0.489. The summed E-state index contributed by atoms with van der Waals surface area (Å²) in [5, 5.41) is 12.9. The van der Waals surface area contributed by atoms with Crippen LogP contribution in [0.2, 0.25) is 0 Å². The molecule has 0 aliphatic carbocycles. The van der Waals surface area contributed by atoms with Crippen molar-refractivity contribution in [1.82, 2.24) is 10.2 Å². The molecule has 0 aromatic rings. The van der Waals surface area contributed by atoms with Gasteiger partial charge in [-0.15, -0.1) is 0 Å². The first-order valence-corrected chi connectivity index (χ1v) is 7.09. The van der Waals surface area contributed by atoms with E-state index < -0.39 is 11.6 Å². The Morgan fingerprint density at radius 1 is 1.17 bits per heavy atom. The van der Waals surface area contributed by atoms with Crippen molar-refractivity contribution in [3.8, 4) is 0 Å². The second-order valence-electron chi connectivity index (χ2n) is 6.00. The number of likely N-dealkylation sites (tertiary alicyclic amines) is 1. The topological polar surface area (TPSA) is 52.6 Å². The lowest BCUT2D eigenvalue weighted by atomic mass is 9.97. The maximum atomic E-state index is 12.3. The highest BCUT2D eigenvalue weighted by Gasteiger charge is 2.30. The lowest BCUT2D eigenvalue weighted by Gasteiger charge is -2.34. The Labute approximate surface area is 111 Å². The van der Waals surface area contributed by atoms with E-state index in [1.165, 1.54) is 12.8 Å². The normalized spacial score (nSPS) is 21.3. The summed E-state index contributed by atoms with van der Waals surface area (Å²) >= 11 is 0. The highest BCUT2D eigenvalue weighted by Crippen LogP contribution is 2.13. The molecular weight excluding hydrogens is 228 g/mol. The molecule has 0 saturated carbocycles. The van der Waals surface area contributed by atoms with Crippen LogP contribution in [-0.2, 0) is 4.79 Å². The van der Waals surface area contributed by atoms with E-state index in [2.05, 4.69) is 5.32 Å². The van der Waals surface area contributed by atoms with Crippen molar-refractivity contribution in [3.05, 3.63) is 0 Å². The zero-order valence-electron chi connectivity index (χ0n) is 12.2. The number of rotatable bonds is 4. The molecule has 1 saturated heterocycles. The van der Waals surface area contributed by atoms with Crippen LogP contribution in [0.25, 0.3) is 0 Å². The zero-order chi connectivity index (χ0) is 13.8. The number of amides is 1. The molecule has 1 aliphatic heterocycles. The minimum absolute atomic E-state index is 0.158. The van der Waals surface area contributed by atoms with Gasteiger partial charge in [-0.05, 0) is 40.5 Å². The number of aliphatic hydroxyl groups excluding tert-OH is 1. The summed E-state index contributed by atoms with van der Waals surface area (Å²) in [7, 11) is 0. The fourth-order valence-electron chi connectivity index (χ4n) is 2.31. The fourth-order valence-corrected chi connectivity index (χ4v) is 2.31. The van der Waals surface area contributed by atoms with E-state index in [0.717, 1.165) is 25.9 Å². The van der Waals surface area contributed by atoms with Crippen LogP contribution >= 0.6 is 0 Å². The summed E-state index contributed by atoms with van der Waals surface area (Å²) in [6, 6.07) is -0.243. The molecule has 0 bridgehead atoms. The van der Waals surface area contributed by atoms with E-state index in [9.17, 15) is 9.90 Å². The Kier molecular flexibility index (Phi) is 5.60. The van der Waals surface area contributed by atoms with Crippen LogP contribution in [0.1, 0.15) is 53.4 Å². The average molecular weight is 256 g/mol. The molecule has 2 atom stereocenters. The summed E-state index contributed by atoms with van der Waals surface area (Å²) in [4.78, 5) is 14.3. The van der Waals surface area contributed by atoms with Crippen LogP contribution in [0.15, 0.2) is 0 Å². The van der Waals surface area contributed by atoms with Gasteiger partial charge in [-0.2, -0.15) is 0 Å². The molecule has 0 spiro atoms. The van der Waals surface area contributed by atoms with Crippen LogP contribution in [0, 0.1) is 0 Å². The second kappa shape index (κ2) is 6.53. The molecule has 1 heterocycles. The molecule has 0 radical (unpaired) electrons. The van der Waals surface area contributed by atoms with Gasteiger partial charge in [0.1, 0.15) is 0 Å². The number of carbonyl (C=O) groups excluding carboxylic acids is 1. The Morgan fingerprint density at radius 2 is 1.67 bits per heavy atom. The fraction of sp³-hybridized carbons (Fsp3) is 0.929. The number of aliphatic hydroxyl groups is 1. The van der Waals surface area contributed by atoms with E-state index in [-0.39, 0.29) is 11.9 Å². The Bertz CT molecular complexity index is 269. The number of carbonyl (C=O) groups is 1. The zero-order valence-corrected chi connectivity index (χ0v) is 12.2. The van der Waals surface area contributed by atoms with Crippen molar-refractivity contribution in [2.75, 3.05) is 13.1 Å². The van der Waals surface area contributed by atoms with Gasteiger partial charge in [0.05, 0.1) is 12.1 Å². The minimum Gasteiger partial charge on any atom is -0.392 e. The number of hydrogen-bond acceptors (Lipinski definition) is 3. The highest BCUT2D eigenvalue weighted by atomic mass is 16.3. The molecule has 4 heteroatoms. The molecule has 1 amide bonds. The van der Waals surface area contributed by atoms with Crippen LogP contribution in [0.5, 0.6) is 0 Å². The quantitative estimate of drug-likeness (QED) is 0.802. The molecule has 2 N–H and O–H groups in total. The number of hydrogen-bond donors (Lipinski definition) is 2. The Balaban J connectivity index is 2.54. The standard InChI is InChI=1S/C14H28N2O2/c1-11(15-14(3,4)12(2)17)13(18)16-9-7-5-6-8-10-16/h11-12,15,17H,5-10H2,1-4H3. The summed E-state index contributed by atoms with van der Waals surface area (Å²) in [5.74, 6) is 0.158. The van der Waals surface area contributed by atoms with Crippen LogP contribution in [0.4, 0.5) is 0 Å². The summed E-state index contributed by atoms with van der Waals surface area (Å²) < 4.78 is 0. The predicted molar refractivity (Wildman–Crippen MR) is 73.4 cm³/mol. The Hall–Kier alpha value is -0.610. The number of nitrogens with zero attached hydrogens (tertiary/aromatic N) is 1. The first-order valence-electron chi connectivity index (χ1n) is 7.09. The maximum Gasteiger partial charge on any atom is 0.239 e. The van der Waals surface area contributed by atoms with E-state index in [4.69, 9.17) is 0 Å². The molecular formula is C14H28N2O2. The van der Waals surface area contributed by atoms with E-state index in [1.807, 2.05) is 25.7 Å². The van der Waals surface area contributed by atoms with Gasteiger partial charge < -0.3 is 10.0 Å². The molecule has 0 aromatic heterocycles. The predicted octanol–water partition coefficient (Wildman–Crippen LogP) is 1.53. The second-order valence-corrected chi connectivity index (χ2v) is 6.00. The smallest absolute Gasteiger partial charge is 0.239 e. The molecule has 106 valence electrons. The molecule has 1 rings (SSSR count). The van der Waals surface area contributed by atoms with Crippen molar-refractivity contribution in [2.24, 2.45) is 0 Å². The van der Waals surface area contributed by atoms with Gasteiger partial charge in [0.2, 0.25) is 5.91 Å². The molecule has 18 heavy (non-hydrogen) atoms. The van der Waals surface area contributed by atoms with Gasteiger partial charge in [-0.3, -0.25) is 10.1 Å². The van der Waals surface area contributed by atoms with Crippen molar-refractivity contribution in [3.63, 3.8) is 0 Å². The Morgan fingerprint density at radius 3 is 2.11 bits per heavy atom. The van der Waals surface area contributed by atoms with Gasteiger partial charge in [-0.25, -0.2) is 0 Å². The molecule has 1 fully saturated rings. The van der Waals surface area contributed by atoms with Crippen molar-refractivity contribution in [1.29, 1.82) is 0 Å². The van der Waals surface area contributed by atoms with E-state index >= 15 is 0 Å². The summed E-state index contributed by atoms with van der Waals surface area (Å²) in [6.45, 7) is 9.22. The average Bonchev–Trinajstić information content (AvgIpc) is 2.55. The molecule has 4 nitrogen and oxygen atoms in total. The van der Waals surface area contributed by atoms with E-state index in [0.29, 0.717) is 0 Å². The van der Waals surface area contributed by atoms with Crippen molar-refractivity contribution in [2.45, 2.75) is 71.1 Å². The first-order chi connectivity index (χ1) is 8.34. The summed E-state index contributed by atoms with van der Waals surface area (Å²) in [5.41, 5.74) is -0.444. The van der Waals surface area contributed by atoms with E-state index in [1.54, 1.807) is 6.92 Å². The third kappa shape index (κ3) is 4.25. The van der Waals surface area contributed by atoms with Crippen molar-refractivity contribution < 1.29 is 9.90 Å². The third-order valence-electron chi connectivity index (χ3n) is 3.92. The number of nitrogens with one attached hydrogen (secondary N) is 1. The maximum absolute atomic E-state index is 12.3. The van der Waals surface area contributed by atoms with Gasteiger partial charge >= 0.3 is 0 Å². The van der Waals surface area contributed by atoms with Gasteiger partial charge in [0.25, 0.3) is 0 Å². The van der Waals surface area contributed by atoms with Crippen LogP contribution < -0.4 is 5.32 Å². The lowest BCUT2D eigenvalue weighted by Crippen LogP contribution is -2.56. The molecule has 1 aliphatic rings. The lowest BCUT2D eigenvalue weighted by molar-refractivity contribution is -0.133. The van der Waals surface area contributed by atoms with Crippen LogP contribution in [-0.4, -0.2) is 46.7 Å². The molecule has 0 aromatic carbocycles. The van der Waals surface area contributed by atoms with Crippen LogP contribution in [0.3, 0.4) is 0 Å². The largest absolute Gasteiger partial charge is 0.392 e. The van der Waals surface area contributed by atoms with Gasteiger partial charge in [-0.1, -0.05) is 12.8 Å². The van der Waals surface area contributed by atoms with Gasteiger partial charge in [0.15, 0.2) is 0 Å². The first kappa shape index (κ1) is 15.4. The third-order valence-corrected chi connectivity index (χ3v) is 3.92. The molecule has 2 unspecified atom stereocenters. The monoisotopic (exact) mass is 256 g/mol. The summed E-state index contributed by atoms with van der Waals surface area (Å²) in [6.07, 6.45) is 4.18. The van der Waals surface area contributed by atoms with Crippen molar-refractivity contribution >= 4 is 5.91 Å².